The van der Waals surface area contributed by atoms with Gasteiger partial charge in [-0.3, -0.25) is 5.10 Å². The molecule has 0 bridgehead atoms. The lowest BCUT2D eigenvalue weighted by molar-refractivity contribution is 0.379. The van der Waals surface area contributed by atoms with Gasteiger partial charge >= 0.3 is 0 Å². The monoisotopic (exact) mass is 490 g/mol. The van der Waals surface area contributed by atoms with Crippen molar-refractivity contribution < 1.29 is 8.94 Å². The summed E-state index contributed by atoms with van der Waals surface area (Å²) in [5.74, 6) is 3.11. The number of benzene rings is 1. The van der Waals surface area contributed by atoms with Gasteiger partial charge in [-0.2, -0.15) is 5.10 Å². The average molecular weight is 491 g/mol. The van der Waals surface area contributed by atoms with Crippen molar-refractivity contribution in [3.8, 4) is 11.3 Å². The largest absolute Gasteiger partial charge is 0.439 e. The summed E-state index contributed by atoms with van der Waals surface area (Å²) in [6.45, 7) is 6.00. The minimum Gasteiger partial charge on any atom is -0.439 e. The molecular weight excluding hydrogens is 468 g/mol. The molecule has 5 aromatic rings. The molecule has 5 heterocycles. The van der Waals surface area contributed by atoms with Crippen LogP contribution in [-0.4, -0.2) is 49.9 Å². The van der Waals surface area contributed by atoms with E-state index in [9.17, 15) is 0 Å². The summed E-state index contributed by atoms with van der Waals surface area (Å²) in [5, 5.41) is 12.3. The summed E-state index contributed by atoms with van der Waals surface area (Å²) in [6, 6.07) is 5.79. The van der Waals surface area contributed by atoms with E-state index in [0.717, 1.165) is 42.3 Å². The van der Waals surface area contributed by atoms with E-state index in [1.54, 1.807) is 13.1 Å². The number of hydrogen-bond acceptors (Lipinski definition) is 9. The molecule has 10 nitrogen and oxygen atoms in total. The third-order valence-electron chi connectivity index (χ3n) is 7.72. The van der Waals surface area contributed by atoms with Crippen molar-refractivity contribution >= 4 is 39.7 Å². The minimum atomic E-state index is -0.113. The molecule has 3 atom stereocenters. The topological polar surface area (TPSA) is 136 Å². The quantitative estimate of drug-likeness (QED) is 0.385. The summed E-state index contributed by atoms with van der Waals surface area (Å²) in [5.41, 5.74) is 11.0. The Morgan fingerprint density at radius 1 is 1.26 bits per heavy atom. The number of anilines is 1. The van der Waals surface area contributed by atoms with Crippen molar-refractivity contribution in [1.82, 2.24) is 30.3 Å². The van der Waals surface area contributed by atoms with E-state index in [2.05, 4.69) is 25.2 Å². The predicted octanol–water partition coefficient (Wildman–Crippen LogP) is 3.77. The number of fused-ring (bicyclic) bond motifs is 3. The van der Waals surface area contributed by atoms with Gasteiger partial charge in [-0.05, 0) is 37.3 Å². The van der Waals surface area contributed by atoms with E-state index in [4.69, 9.17) is 36.2 Å². The third-order valence-corrected chi connectivity index (χ3v) is 8.09. The number of hydrogen-bond donors (Lipinski definition) is 2. The molecule has 7 rings (SSSR count). The maximum Gasteiger partial charge on any atom is 0.202 e. The standard InChI is InChI=1S/C24H23ClN8O2/c1-11-7-17(32-35-11)24(10-26)14-5-6-33(9-15(14)24)18-8-27-21-20(30-31-23(21)29-18)13-3-4-16-22(19(13)25)34-12(2)28-16/h3-4,7-8,14-15H,5-6,9-10,26H2,1-2H3,(H,29,30,31)/t14-,15+,24+/m1/s1. The number of rotatable bonds is 4. The molecule has 0 spiro atoms. The molecule has 2 aliphatic rings. The van der Waals surface area contributed by atoms with Crippen LogP contribution >= 0.6 is 11.6 Å². The Bertz CT molecular complexity index is 1610. The number of aromatic amines is 1. The molecule has 4 aromatic heterocycles. The highest BCUT2D eigenvalue weighted by Crippen LogP contribution is 2.62. The minimum absolute atomic E-state index is 0.113. The molecule has 1 aliphatic heterocycles. The first-order valence-electron chi connectivity index (χ1n) is 11.7. The van der Waals surface area contributed by atoms with Crippen LogP contribution in [0.5, 0.6) is 0 Å². The van der Waals surface area contributed by atoms with E-state index in [1.165, 1.54) is 0 Å². The van der Waals surface area contributed by atoms with Crippen LogP contribution in [0.15, 0.2) is 33.3 Å². The van der Waals surface area contributed by atoms with Gasteiger partial charge in [0.15, 0.2) is 11.5 Å². The average Bonchev–Trinajstić information content (AvgIpc) is 3.24. The fraction of sp³-hybridized carbons (Fsp3) is 0.375. The molecule has 3 N–H and O–H groups in total. The summed E-state index contributed by atoms with van der Waals surface area (Å²) < 4.78 is 11.0. The number of oxazole rings is 1. The van der Waals surface area contributed by atoms with Gasteiger partial charge in [0, 0.05) is 43.6 Å². The number of nitrogens with one attached hydrogen (secondary N) is 1. The van der Waals surface area contributed by atoms with E-state index < -0.39 is 0 Å². The second-order valence-corrected chi connectivity index (χ2v) is 9.90. The van der Waals surface area contributed by atoms with Gasteiger partial charge in [0.25, 0.3) is 0 Å². The van der Waals surface area contributed by atoms with E-state index >= 15 is 0 Å². The van der Waals surface area contributed by atoms with Gasteiger partial charge in [0.2, 0.25) is 5.65 Å². The smallest absolute Gasteiger partial charge is 0.202 e. The normalized spacial score (nSPS) is 23.8. The van der Waals surface area contributed by atoms with Gasteiger partial charge in [-0.1, -0.05) is 16.8 Å². The molecule has 1 saturated heterocycles. The number of aromatic nitrogens is 6. The fourth-order valence-corrected chi connectivity index (χ4v) is 6.24. The predicted molar refractivity (Wildman–Crippen MR) is 130 cm³/mol. The van der Waals surface area contributed by atoms with E-state index in [-0.39, 0.29) is 5.41 Å². The molecule has 35 heavy (non-hydrogen) atoms. The van der Waals surface area contributed by atoms with Crippen molar-refractivity contribution in [3.05, 3.63) is 46.8 Å². The second-order valence-electron chi connectivity index (χ2n) is 9.52. The van der Waals surface area contributed by atoms with Crippen molar-refractivity contribution in [1.29, 1.82) is 0 Å². The van der Waals surface area contributed by atoms with Crippen LogP contribution in [0.2, 0.25) is 5.02 Å². The molecule has 1 saturated carbocycles. The summed E-state index contributed by atoms with van der Waals surface area (Å²) in [6.07, 6.45) is 2.82. The number of aryl methyl sites for hydroxylation is 2. The Morgan fingerprint density at radius 2 is 2.14 bits per heavy atom. The molecule has 2 fully saturated rings. The number of nitrogens with two attached hydrogens (primary N) is 1. The highest BCUT2D eigenvalue weighted by atomic mass is 35.5. The Kier molecular flexibility index (Phi) is 4.32. The Balaban J connectivity index is 1.20. The zero-order valence-electron chi connectivity index (χ0n) is 19.2. The molecule has 11 heteroatoms. The SMILES string of the molecule is Cc1cc([C@@]2(CN)[C@@H]3CCN(c4cnc5c(-c6ccc7nc(C)oc7c6Cl)[nH]nc5n4)C[C@@H]32)no1. The molecule has 1 aliphatic carbocycles. The number of halogens is 1. The van der Waals surface area contributed by atoms with Crippen LogP contribution in [0, 0.1) is 25.7 Å². The van der Waals surface area contributed by atoms with Gasteiger partial charge in [-0.15, -0.1) is 0 Å². The first kappa shape index (κ1) is 20.8. The van der Waals surface area contributed by atoms with Gasteiger partial charge < -0.3 is 19.6 Å². The Hall–Kier alpha value is -3.50. The van der Waals surface area contributed by atoms with Gasteiger partial charge in [0.05, 0.1) is 22.6 Å². The number of H-pyrrole nitrogens is 1. The summed E-state index contributed by atoms with van der Waals surface area (Å²) in [4.78, 5) is 16.1. The maximum absolute atomic E-state index is 6.65. The lowest BCUT2D eigenvalue weighted by Gasteiger charge is -2.26. The van der Waals surface area contributed by atoms with E-state index in [1.807, 2.05) is 25.1 Å². The number of nitrogens with zero attached hydrogens (tertiary/aromatic N) is 6. The van der Waals surface area contributed by atoms with Crippen LogP contribution in [0.25, 0.3) is 33.5 Å². The lowest BCUT2D eigenvalue weighted by atomic mass is 9.97. The van der Waals surface area contributed by atoms with Crippen molar-refractivity contribution in [2.24, 2.45) is 17.6 Å². The first-order chi connectivity index (χ1) is 17.0. The second kappa shape index (κ2) is 7.25. The van der Waals surface area contributed by atoms with Gasteiger partial charge in [0.1, 0.15) is 22.6 Å². The lowest BCUT2D eigenvalue weighted by Crippen LogP contribution is -2.32. The van der Waals surface area contributed by atoms with Crippen LogP contribution in [0.3, 0.4) is 0 Å². The highest BCUT2D eigenvalue weighted by Gasteiger charge is 2.67. The van der Waals surface area contributed by atoms with Crippen LogP contribution in [-0.2, 0) is 5.41 Å². The molecular formula is C24H23ClN8O2. The van der Waals surface area contributed by atoms with Crippen molar-refractivity contribution in [2.75, 3.05) is 24.5 Å². The Morgan fingerprint density at radius 3 is 2.94 bits per heavy atom. The zero-order chi connectivity index (χ0) is 23.9. The van der Waals surface area contributed by atoms with Crippen LogP contribution in [0.4, 0.5) is 5.82 Å². The summed E-state index contributed by atoms with van der Waals surface area (Å²) in [7, 11) is 0. The van der Waals surface area contributed by atoms with Gasteiger partial charge in [-0.25, -0.2) is 15.0 Å². The number of piperidine rings is 1. The van der Waals surface area contributed by atoms with E-state index in [0.29, 0.717) is 57.3 Å². The van der Waals surface area contributed by atoms with Crippen LogP contribution < -0.4 is 10.6 Å². The maximum atomic E-state index is 6.65. The fourth-order valence-electron chi connectivity index (χ4n) is 5.95. The highest BCUT2D eigenvalue weighted by molar-refractivity contribution is 6.37. The van der Waals surface area contributed by atoms with Crippen LogP contribution in [0.1, 0.15) is 23.8 Å². The summed E-state index contributed by atoms with van der Waals surface area (Å²) >= 11 is 6.65. The first-order valence-corrected chi connectivity index (χ1v) is 12.0. The molecule has 0 radical (unpaired) electrons. The van der Waals surface area contributed by atoms with Crippen molar-refractivity contribution in [3.63, 3.8) is 0 Å². The molecule has 0 unspecified atom stereocenters. The molecule has 0 amide bonds. The molecule has 1 aromatic carbocycles. The zero-order valence-corrected chi connectivity index (χ0v) is 20.0. The Labute approximate surface area is 204 Å². The molecule has 178 valence electrons. The van der Waals surface area contributed by atoms with Crippen molar-refractivity contribution in [2.45, 2.75) is 25.7 Å². The third kappa shape index (κ3) is 2.90.